The number of aromatic nitrogens is 2. The summed E-state index contributed by atoms with van der Waals surface area (Å²) in [4.78, 5) is 13.9. The molecule has 1 N–H and O–H groups in total. The maximum atomic E-state index is 7.38. The summed E-state index contributed by atoms with van der Waals surface area (Å²) < 4.78 is 10.7. The number of nitrogens with one attached hydrogen (secondary N) is 1. The number of hydrogen-bond donors (Lipinski definition) is 1. The number of methoxy groups -OCH3 is 2. The van der Waals surface area contributed by atoms with Gasteiger partial charge in [-0.1, -0.05) is 6.92 Å². The Balaban J connectivity index is 2.19. The molecular formula is C19H20N4O2S. The van der Waals surface area contributed by atoms with E-state index >= 15 is 0 Å². The fraction of sp³-hybridized carbons (Fsp3) is 0.316. The van der Waals surface area contributed by atoms with Gasteiger partial charge >= 0.3 is 0 Å². The number of anilines is 1. The van der Waals surface area contributed by atoms with Gasteiger partial charge in [0.25, 0.3) is 0 Å². The highest BCUT2D eigenvalue weighted by atomic mass is 32.1. The largest absolute Gasteiger partial charge is 0.493 e. The van der Waals surface area contributed by atoms with Crippen LogP contribution in [0.3, 0.4) is 0 Å². The summed E-state index contributed by atoms with van der Waals surface area (Å²) in [7, 11) is 3.21. The maximum Gasteiger partial charge on any atom is 0.246 e. The Bertz CT molecular complexity index is 991. The van der Waals surface area contributed by atoms with Crippen LogP contribution in [0.1, 0.15) is 18.9 Å². The van der Waals surface area contributed by atoms with Crippen molar-refractivity contribution in [1.82, 2.24) is 9.97 Å². The molecule has 0 amide bonds. The highest BCUT2D eigenvalue weighted by Crippen LogP contribution is 2.41. The second-order valence-electron chi connectivity index (χ2n) is 5.72. The van der Waals surface area contributed by atoms with E-state index < -0.39 is 0 Å². The molecule has 0 atom stereocenters. The van der Waals surface area contributed by atoms with Crippen molar-refractivity contribution >= 4 is 32.4 Å². The number of rotatable bonds is 6. The van der Waals surface area contributed by atoms with Gasteiger partial charge in [0.2, 0.25) is 5.00 Å². The predicted molar refractivity (Wildman–Crippen MR) is 106 cm³/mol. The molecule has 0 fully saturated rings. The third-order valence-electron chi connectivity index (χ3n) is 4.05. The van der Waals surface area contributed by atoms with E-state index in [4.69, 9.17) is 26.0 Å². The highest BCUT2D eigenvalue weighted by Gasteiger charge is 2.17. The van der Waals surface area contributed by atoms with Crippen LogP contribution in [0.4, 0.5) is 10.8 Å². The van der Waals surface area contributed by atoms with Crippen molar-refractivity contribution in [3.63, 3.8) is 0 Å². The van der Waals surface area contributed by atoms with E-state index in [1.807, 2.05) is 25.1 Å². The second-order valence-corrected chi connectivity index (χ2v) is 6.69. The molecule has 3 rings (SSSR count). The summed E-state index contributed by atoms with van der Waals surface area (Å²) in [6, 6.07) is 5.60. The van der Waals surface area contributed by atoms with Crippen LogP contribution in [0.5, 0.6) is 11.5 Å². The van der Waals surface area contributed by atoms with E-state index in [0.29, 0.717) is 22.3 Å². The molecule has 7 heteroatoms. The van der Waals surface area contributed by atoms with Crippen LogP contribution in [-0.4, -0.2) is 30.7 Å². The number of thiophene rings is 1. The van der Waals surface area contributed by atoms with Crippen LogP contribution in [0.15, 0.2) is 18.2 Å². The Hall–Kier alpha value is -2.85. The Morgan fingerprint density at radius 2 is 1.96 bits per heavy atom. The number of fused-ring (bicyclic) bond motifs is 1. The van der Waals surface area contributed by atoms with Gasteiger partial charge in [-0.3, -0.25) is 0 Å². The first-order valence-electron chi connectivity index (χ1n) is 8.27. The molecule has 0 aliphatic carbocycles. The van der Waals surface area contributed by atoms with Crippen molar-refractivity contribution in [2.45, 2.75) is 20.3 Å². The Morgan fingerprint density at radius 1 is 1.19 bits per heavy atom. The van der Waals surface area contributed by atoms with E-state index in [1.54, 1.807) is 14.2 Å². The molecule has 0 saturated carbocycles. The van der Waals surface area contributed by atoms with Gasteiger partial charge < -0.3 is 14.8 Å². The lowest BCUT2D eigenvalue weighted by molar-refractivity contribution is 0.355. The quantitative estimate of drug-likeness (QED) is 0.617. The highest BCUT2D eigenvalue weighted by molar-refractivity contribution is 7.22. The lowest BCUT2D eigenvalue weighted by Crippen LogP contribution is -2.04. The summed E-state index contributed by atoms with van der Waals surface area (Å²) in [6.45, 7) is 12.2. The van der Waals surface area contributed by atoms with Crippen molar-refractivity contribution in [1.29, 1.82) is 0 Å². The standard InChI is InChI=1S/C19H20N4O2S/c1-6-9-21-17-15-11(2)18(20-3)26-19(15)23-16(22-17)12-7-8-13(24-4)14(10-12)25-5/h7-8,10H,6,9H2,1-2,4-5H3,(H,21,22,23). The predicted octanol–water partition coefficient (Wildman–Crippen LogP) is 5.06. The fourth-order valence-corrected chi connectivity index (χ4v) is 3.68. The zero-order chi connectivity index (χ0) is 18.7. The summed E-state index contributed by atoms with van der Waals surface area (Å²) in [5, 5.41) is 4.95. The van der Waals surface area contributed by atoms with Gasteiger partial charge in [0.15, 0.2) is 17.3 Å². The molecule has 1 aromatic carbocycles. The molecule has 0 bridgehead atoms. The Labute approximate surface area is 156 Å². The van der Waals surface area contributed by atoms with Crippen LogP contribution in [0.25, 0.3) is 26.4 Å². The van der Waals surface area contributed by atoms with Gasteiger partial charge in [-0.25, -0.2) is 14.8 Å². The Morgan fingerprint density at radius 3 is 2.62 bits per heavy atom. The molecule has 0 radical (unpaired) electrons. The lowest BCUT2D eigenvalue weighted by atomic mass is 10.1. The van der Waals surface area contributed by atoms with Crippen LogP contribution >= 0.6 is 11.3 Å². The molecule has 26 heavy (non-hydrogen) atoms. The molecule has 2 aromatic heterocycles. The third kappa shape index (κ3) is 3.16. The minimum atomic E-state index is 0.592. The number of benzene rings is 1. The van der Waals surface area contributed by atoms with Crippen molar-refractivity contribution in [2.75, 3.05) is 26.1 Å². The fourth-order valence-electron chi connectivity index (χ4n) is 2.71. The van der Waals surface area contributed by atoms with Gasteiger partial charge in [0.05, 0.1) is 20.8 Å². The zero-order valence-electron chi connectivity index (χ0n) is 15.2. The van der Waals surface area contributed by atoms with E-state index in [2.05, 4.69) is 17.1 Å². The average Bonchev–Trinajstić information content (AvgIpc) is 3.01. The van der Waals surface area contributed by atoms with Crippen molar-refractivity contribution in [2.24, 2.45) is 0 Å². The molecule has 0 unspecified atom stereocenters. The topological polar surface area (TPSA) is 60.6 Å². The molecular weight excluding hydrogens is 348 g/mol. The molecule has 2 heterocycles. The van der Waals surface area contributed by atoms with Gasteiger partial charge in [-0.05, 0) is 37.1 Å². The van der Waals surface area contributed by atoms with Crippen molar-refractivity contribution in [3.05, 3.63) is 35.2 Å². The number of aryl methyl sites for hydroxylation is 1. The van der Waals surface area contributed by atoms with Crippen LogP contribution in [0, 0.1) is 13.5 Å². The monoisotopic (exact) mass is 368 g/mol. The van der Waals surface area contributed by atoms with Crippen molar-refractivity contribution in [3.8, 4) is 22.9 Å². The molecule has 134 valence electrons. The first-order valence-corrected chi connectivity index (χ1v) is 9.09. The van der Waals surface area contributed by atoms with Gasteiger partial charge in [-0.2, -0.15) is 0 Å². The molecule has 0 saturated heterocycles. The van der Waals surface area contributed by atoms with E-state index in [0.717, 1.165) is 40.1 Å². The maximum absolute atomic E-state index is 7.38. The number of ether oxygens (including phenoxy) is 2. The summed E-state index contributed by atoms with van der Waals surface area (Å²) in [6.07, 6.45) is 0.982. The third-order valence-corrected chi connectivity index (χ3v) is 5.13. The zero-order valence-corrected chi connectivity index (χ0v) is 16.0. The minimum absolute atomic E-state index is 0.592. The summed E-state index contributed by atoms with van der Waals surface area (Å²) >= 11 is 1.40. The average molecular weight is 368 g/mol. The SMILES string of the molecule is [C-]#[N+]c1sc2nc(-c3ccc(OC)c(OC)c3)nc(NCCC)c2c1C. The molecule has 6 nitrogen and oxygen atoms in total. The van der Waals surface area contributed by atoms with Crippen LogP contribution in [0.2, 0.25) is 0 Å². The molecule has 0 aliphatic rings. The van der Waals surface area contributed by atoms with Gasteiger partial charge in [0.1, 0.15) is 10.6 Å². The van der Waals surface area contributed by atoms with Crippen LogP contribution in [-0.2, 0) is 0 Å². The van der Waals surface area contributed by atoms with Crippen molar-refractivity contribution < 1.29 is 9.47 Å². The van der Waals surface area contributed by atoms with E-state index in [9.17, 15) is 0 Å². The molecule has 0 aliphatic heterocycles. The molecule has 3 aromatic rings. The minimum Gasteiger partial charge on any atom is -0.493 e. The van der Waals surface area contributed by atoms with Crippen LogP contribution < -0.4 is 14.8 Å². The molecule has 0 spiro atoms. The van der Waals surface area contributed by atoms with Gasteiger partial charge in [-0.15, -0.1) is 11.3 Å². The van der Waals surface area contributed by atoms with E-state index in [1.165, 1.54) is 11.3 Å². The van der Waals surface area contributed by atoms with E-state index in [-0.39, 0.29) is 0 Å². The summed E-state index contributed by atoms with van der Waals surface area (Å²) in [5.41, 5.74) is 1.76. The normalized spacial score (nSPS) is 10.6. The lowest BCUT2D eigenvalue weighted by Gasteiger charge is -2.11. The Kier molecular flexibility index (Phi) is 5.24. The first-order chi connectivity index (χ1) is 12.6. The smallest absolute Gasteiger partial charge is 0.246 e. The van der Waals surface area contributed by atoms with Gasteiger partial charge in [0, 0.05) is 17.5 Å². The first kappa shape index (κ1) is 18.0. The second kappa shape index (κ2) is 7.58. The number of nitrogens with zero attached hydrogens (tertiary/aromatic N) is 3. The number of hydrogen-bond acceptors (Lipinski definition) is 6. The summed E-state index contributed by atoms with van der Waals surface area (Å²) in [5.74, 6) is 2.64.